The van der Waals surface area contributed by atoms with Crippen LogP contribution in [0.4, 0.5) is 0 Å². The summed E-state index contributed by atoms with van der Waals surface area (Å²) in [4.78, 5) is 0. The lowest BCUT2D eigenvalue weighted by atomic mass is 9.86. The van der Waals surface area contributed by atoms with Gasteiger partial charge in [-0.1, -0.05) is 6.22 Å². The minimum absolute atomic E-state index is 0.800. The van der Waals surface area contributed by atoms with Crippen LogP contribution in [-0.4, -0.2) is 4.85 Å². The zero-order chi connectivity index (χ0) is 5.86. The van der Waals surface area contributed by atoms with Crippen LogP contribution in [0.15, 0.2) is 0 Å². The number of halogens is 4. The van der Waals surface area contributed by atoms with Crippen molar-refractivity contribution in [1.82, 2.24) is 0 Å². The lowest BCUT2D eigenvalue weighted by molar-refractivity contribution is 2.12. The first-order chi connectivity index (χ1) is 3.13. The molecule has 0 rings (SSSR count). The second kappa shape index (κ2) is 5.81. The summed E-state index contributed by atoms with van der Waals surface area (Å²) in [6.07, 6.45) is 1.31. The Morgan fingerprint density at radius 1 is 0.857 bits per heavy atom. The molecule has 0 fully saturated rings. The Balaban J connectivity index is 2.95. The van der Waals surface area contributed by atoms with Gasteiger partial charge in [-0.15, -0.1) is 89.5 Å². The highest BCUT2D eigenvalue weighted by molar-refractivity contribution is 14.3. The molecule has 0 atom stereocenters. The standard InChI is InChI=1S/CH2B2I4/c4-2(5)1-3(6)7/h1H2. The smallest absolute Gasteiger partial charge is 0.134 e. The van der Waals surface area contributed by atoms with E-state index < -0.39 is 0 Å². The van der Waals surface area contributed by atoms with Gasteiger partial charge in [0.1, 0.15) is 0 Å². The molecule has 0 bridgehead atoms. The van der Waals surface area contributed by atoms with Gasteiger partial charge in [-0.2, -0.15) is 0 Å². The molecule has 0 nitrogen and oxygen atoms in total. The molecule has 7 heavy (non-hydrogen) atoms. The third kappa shape index (κ3) is 9.05. The second-order valence-corrected chi connectivity index (χ2v) is 11.8. The molecule has 6 heteroatoms. The first-order valence-corrected chi connectivity index (χ1v) is 6.67. The van der Waals surface area contributed by atoms with E-state index in [1.807, 2.05) is 0 Å². The summed E-state index contributed by atoms with van der Waals surface area (Å²) in [5.74, 6) is 0. The largest absolute Gasteiger partial charge is 0.283 e. The fourth-order valence-corrected chi connectivity index (χ4v) is 6.06. The quantitative estimate of drug-likeness (QED) is 0.371. The van der Waals surface area contributed by atoms with E-state index in [1.165, 1.54) is 6.22 Å². The summed E-state index contributed by atoms with van der Waals surface area (Å²) in [6, 6.07) is 0. The van der Waals surface area contributed by atoms with E-state index in [-0.39, 0.29) is 0 Å². The van der Waals surface area contributed by atoms with Gasteiger partial charge in [0, 0.05) is 0 Å². The Morgan fingerprint density at radius 2 is 1.14 bits per heavy atom. The van der Waals surface area contributed by atoms with Gasteiger partial charge in [0.15, 0.2) is 0 Å². The molecule has 40 valence electrons. The Kier molecular flexibility index (Phi) is 8.34. The van der Waals surface area contributed by atoms with Crippen LogP contribution in [0.25, 0.3) is 0 Å². The van der Waals surface area contributed by atoms with Crippen LogP contribution >= 0.6 is 89.5 Å². The fraction of sp³-hybridized carbons (Fsp3) is 1.00. The molecule has 0 heterocycles. The summed E-state index contributed by atoms with van der Waals surface area (Å²) >= 11 is 9.74. The molecular formula is CH2B2I4. The Morgan fingerprint density at radius 3 is 1.14 bits per heavy atom. The van der Waals surface area contributed by atoms with Crippen molar-refractivity contribution in [3.63, 3.8) is 0 Å². The van der Waals surface area contributed by atoms with Gasteiger partial charge < -0.3 is 0 Å². The van der Waals surface area contributed by atoms with E-state index in [4.69, 9.17) is 0 Å². The van der Waals surface area contributed by atoms with Crippen LogP contribution in [0.5, 0.6) is 0 Å². The molecule has 0 N–H and O–H groups in total. The van der Waals surface area contributed by atoms with Gasteiger partial charge in [-0.05, 0) is 0 Å². The third-order valence-electron chi connectivity index (χ3n) is 0.356. The highest BCUT2D eigenvalue weighted by Crippen LogP contribution is 2.18. The summed E-state index contributed by atoms with van der Waals surface area (Å²) in [7, 11) is 0. The van der Waals surface area contributed by atoms with E-state index in [2.05, 4.69) is 89.5 Å². The topological polar surface area (TPSA) is 0 Å². The molecule has 0 saturated heterocycles. The average Bonchev–Trinajstić information content (AvgIpc) is 1.27. The summed E-state index contributed by atoms with van der Waals surface area (Å²) in [5.41, 5.74) is 0. The average molecular weight is 543 g/mol. The number of rotatable bonds is 2. The number of hydrogen-bond acceptors (Lipinski definition) is 0. The van der Waals surface area contributed by atoms with Crippen molar-refractivity contribution in [1.29, 1.82) is 0 Å². The van der Waals surface area contributed by atoms with E-state index in [0.29, 0.717) is 0 Å². The molecule has 0 radical (unpaired) electrons. The van der Waals surface area contributed by atoms with Crippen molar-refractivity contribution in [2.24, 2.45) is 0 Å². The molecular weight excluding hydrogens is 541 g/mol. The van der Waals surface area contributed by atoms with Gasteiger partial charge in [0.2, 0.25) is 0 Å². The molecule has 0 aliphatic carbocycles. The van der Waals surface area contributed by atoms with Gasteiger partial charge in [0.25, 0.3) is 4.85 Å². The zero-order valence-electron chi connectivity index (χ0n) is 3.37. The van der Waals surface area contributed by atoms with Crippen LogP contribution in [-0.2, 0) is 0 Å². The lowest BCUT2D eigenvalue weighted by Gasteiger charge is -1.91. The monoisotopic (exact) mass is 544 g/mol. The van der Waals surface area contributed by atoms with Gasteiger partial charge >= 0.3 is 0 Å². The van der Waals surface area contributed by atoms with Gasteiger partial charge in [0.05, 0.1) is 0 Å². The predicted molar refractivity (Wildman–Crippen MR) is 72.4 cm³/mol. The molecule has 0 aromatic heterocycles. The van der Waals surface area contributed by atoms with E-state index in [9.17, 15) is 0 Å². The predicted octanol–water partition coefficient (Wildman–Crippen LogP) is 3.24. The maximum absolute atomic E-state index is 2.43. The molecule has 0 aliphatic heterocycles. The highest BCUT2D eigenvalue weighted by atomic mass is 127. The van der Waals surface area contributed by atoms with Crippen LogP contribution < -0.4 is 0 Å². The van der Waals surface area contributed by atoms with Crippen molar-refractivity contribution in [3.8, 4) is 0 Å². The summed E-state index contributed by atoms with van der Waals surface area (Å²) in [5, 5.41) is 0. The molecule has 0 aromatic rings. The summed E-state index contributed by atoms with van der Waals surface area (Å²) in [6.45, 7) is 0. The van der Waals surface area contributed by atoms with Crippen LogP contribution in [0.1, 0.15) is 0 Å². The Hall–Kier alpha value is 3.05. The molecule has 0 saturated carbocycles. The number of hydrogen-bond donors (Lipinski definition) is 0. The van der Waals surface area contributed by atoms with E-state index >= 15 is 0 Å². The van der Waals surface area contributed by atoms with Crippen LogP contribution in [0, 0.1) is 0 Å². The van der Waals surface area contributed by atoms with Gasteiger partial charge in [-0.25, -0.2) is 0 Å². The van der Waals surface area contributed by atoms with Crippen molar-refractivity contribution >= 4 is 94.3 Å². The van der Waals surface area contributed by atoms with Gasteiger partial charge in [-0.3, -0.25) is 0 Å². The fourth-order valence-electron chi connectivity index (χ4n) is 0.135. The van der Waals surface area contributed by atoms with Crippen molar-refractivity contribution < 1.29 is 0 Å². The van der Waals surface area contributed by atoms with Crippen molar-refractivity contribution in [3.05, 3.63) is 0 Å². The molecule has 0 aromatic carbocycles. The Bertz CT molecular complexity index is 39.0. The first-order valence-electron chi connectivity index (χ1n) is 1.69. The minimum Gasteiger partial charge on any atom is -0.134 e. The zero-order valence-corrected chi connectivity index (χ0v) is 12.0. The molecule has 0 spiro atoms. The third-order valence-corrected chi connectivity index (χ3v) is 2.39. The van der Waals surface area contributed by atoms with Crippen molar-refractivity contribution in [2.75, 3.05) is 0 Å². The van der Waals surface area contributed by atoms with Crippen LogP contribution in [0.2, 0.25) is 6.22 Å². The SMILES string of the molecule is IB(I)CB(I)I. The maximum atomic E-state index is 2.43. The van der Waals surface area contributed by atoms with Crippen LogP contribution in [0.3, 0.4) is 0 Å². The lowest BCUT2D eigenvalue weighted by Crippen LogP contribution is -1.99. The molecule has 0 aliphatic rings. The van der Waals surface area contributed by atoms with E-state index in [1.54, 1.807) is 0 Å². The Labute approximate surface area is 98.4 Å². The summed E-state index contributed by atoms with van der Waals surface area (Å²) < 4.78 is 1.60. The van der Waals surface area contributed by atoms with Crippen molar-refractivity contribution in [2.45, 2.75) is 6.22 Å². The first kappa shape index (κ1) is 10.0. The molecule has 0 amide bonds. The molecule has 0 unspecified atom stereocenters. The normalized spacial score (nSPS) is 8.57. The second-order valence-electron chi connectivity index (χ2n) is 1.02. The maximum Gasteiger partial charge on any atom is 0.283 e. The van der Waals surface area contributed by atoms with E-state index in [0.717, 1.165) is 4.85 Å². The highest BCUT2D eigenvalue weighted by Gasteiger charge is 2.11. The minimum atomic E-state index is 0.800.